The molecule has 1 aromatic heterocycles. The maximum atomic E-state index is 11.6. The molecule has 0 aliphatic carbocycles. The molecule has 2 rings (SSSR count). The van der Waals surface area contributed by atoms with Crippen molar-refractivity contribution in [1.29, 1.82) is 0 Å². The molecule has 6 heteroatoms. The van der Waals surface area contributed by atoms with Gasteiger partial charge in [-0.25, -0.2) is 4.98 Å². The summed E-state index contributed by atoms with van der Waals surface area (Å²) in [5, 5.41) is 2.72. The van der Waals surface area contributed by atoms with Crippen LogP contribution in [0.2, 0.25) is 0 Å². The minimum Gasteiger partial charge on any atom is -0.363 e. The van der Waals surface area contributed by atoms with Crippen LogP contribution in [0.5, 0.6) is 0 Å². The van der Waals surface area contributed by atoms with Crippen molar-refractivity contribution < 1.29 is 4.79 Å². The Morgan fingerprint density at radius 1 is 1.42 bits per heavy atom. The molecule has 0 radical (unpaired) electrons. The number of hydrogen-bond acceptors (Lipinski definition) is 5. The predicted octanol–water partition coefficient (Wildman–Crippen LogP) is 0.505. The molecule has 1 aromatic rings. The van der Waals surface area contributed by atoms with Crippen LogP contribution in [0.1, 0.15) is 12.8 Å². The quantitative estimate of drug-likeness (QED) is 0.860. The minimum atomic E-state index is 0.123. The molecule has 1 amide bonds. The number of rotatable bonds is 3. The third-order valence-corrected chi connectivity index (χ3v) is 3.48. The highest BCUT2D eigenvalue weighted by Gasteiger charge is 2.25. The van der Waals surface area contributed by atoms with Gasteiger partial charge in [0, 0.05) is 46.3 Å². The van der Waals surface area contributed by atoms with E-state index in [0.717, 1.165) is 37.7 Å². The van der Waals surface area contributed by atoms with Gasteiger partial charge in [0.25, 0.3) is 0 Å². The number of aromatic nitrogens is 2. The lowest BCUT2D eigenvalue weighted by atomic mass is 9.96. The Bertz CT molecular complexity index is 440. The third kappa shape index (κ3) is 3.13. The smallest absolute Gasteiger partial charge is 0.227 e. The van der Waals surface area contributed by atoms with Crippen LogP contribution in [0.25, 0.3) is 0 Å². The van der Waals surface area contributed by atoms with Crippen LogP contribution in [0.15, 0.2) is 12.3 Å². The van der Waals surface area contributed by atoms with Crippen molar-refractivity contribution in [3.8, 4) is 0 Å². The summed E-state index contributed by atoms with van der Waals surface area (Å²) >= 11 is 0. The van der Waals surface area contributed by atoms with E-state index >= 15 is 0 Å². The molecule has 1 saturated heterocycles. The molecular formula is C13H21N5O. The van der Waals surface area contributed by atoms with E-state index in [9.17, 15) is 4.79 Å². The normalized spacial score (nSPS) is 16.3. The molecule has 0 atom stereocenters. The molecule has 0 unspecified atom stereocenters. The number of carbonyl (C=O) groups is 1. The first-order valence-electron chi connectivity index (χ1n) is 6.58. The molecule has 6 nitrogen and oxygen atoms in total. The Labute approximate surface area is 113 Å². The molecule has 1 aliphatic heterocycles. The van der Waals surface area contributed by atoms with Crippen LogP contribution in [-0.4, -0.2) is 50.1 Å². The molecule has 104 valence electrons. The Balaban J connectivity index is 2.01. The monoisotopic (exact) mass is 263 g/mol. The van der Waals surface area contributed by atoms with Gasteiger partial charge in [0.2, 0.25) is 11.9 Å². The van der Waals surface area contributed by atoms with Gasteiger partial charge < -0.3 is 15.1 Å². The van der Waals surface area contributed by atoms with Gasteiger partial charge in [0.15, 0.2) is 0 Å². The number of nitrogens with zero attached hydrogens (tertiary/aromatic N) is 4. The molecule has 1 fully saturated rings. The fraction of sp³-hybridized carbons (Fsp3) is 0.615. The SMILES string of the molecule is CNC(=O)C1CCN(c2nccc(N(C)C)n2)CC1. The average molecular weight is 263 g/mol. The lowest BCUT2D eigenvalue weighted by Crippen LogP contribution is -2.40. The summed E-state index contributed by atoms with van der Waals surface area (Å²) in [6, 6.07) is 1.89. The van der Waals surface area contributed by atoms with Gasteiger partial charge in [0.05, 0.1) is 0 Å². The first-order valence-corrected chi connectivity index (χ1v) is 6.58. The van der Waals surface area contributed by atoms with Gasteiger partial charge in [-0.2, -0.15) is 4.98 Å². The van der Waals surface area contributed by atoms with Crippen LogP contribution >= 0.6 is 0 Å². The fourth-order valence-electron chi connectivity index (χ4n) is 2.29. The number of anilines is 2. The predicted molar refractivity (Wildman–Crippen MR) is 75.4 cm³/mol. The number of hydrogen-bond donors (Lipinski definition) is 1. The van der Waals surface area contributed by atoms with Crippen LogP contribution in [0.3, 0.4) is 0 Å². The first-order chi connectivity index (χ1) is 9.11. The van der Waals surface area contributed by atoms with Crippen molar-refractivity contribution in [2.24, 2.45) is 5.92 Å². The molecule has 2 heterocycles. The second-order valence-electron chi connectivity index (χ2n) is 4.98. The maximum absolute atomic E-state index is 11.6. The Kier molecular flexibility index (Phi) is 4.19. The Morgan fingerprint density at radius 3 is 2.68 bits per heavy atom. The van der Waals surface area contributed by atoms with Crippen LogP contribution in [-0.2, 0) is 4.79 Å². The van der Waals surface area contributed by atoms with Gasteiger partial charge in [-0.3, -0.25) is 4.79 Å². The van der Waals surface area contributed by atoms with Gasteiger partial charge >= 0.3 is 0 Å². The standard InChI is InChI=1S/C13H21N5O/c1-14-12(19)10-5-8-18(9-6-10)13-15-7-4-11(16-13)17(2)3/h4,7,10H,5-6,8-9H2,1-3H3,(H,14,19). The number of amides is 1. The molecular weight excluding hydrogens is 242 g/mol. The summed E-state index contributed by atoms with van der Waals surface area (Å²) in [5.41, 5.74) is 0. The lowest BCUT2D eigenvalue weighted by Gasteiger charge is -2.31. The van der Waals surface area contributed by atoms with Crippen LogP contribution < -0.4 is 15.1 Å². The second kappa shape index (κ2) is 5.86. The highest BCUT2D eigenvalue weighted by molar-refractivity contribution is 5.78. The molecule has 0 aromatic carbocycles. The maximum Gasteiger partial charge on any atom is 0.227 e. The van der Waals surface area contributed by atoms with Crippen LogP contribution in [0, 0.1) is 5.92 Å². The zero-order valence-corrected chi connectivity index (χ0v) is 11.8. The number of nitrogens with one attached hydrogen (secondary N) is 1. The summed E-state index contributed by atoms with van der Waals surface area (Å²) in [6.45, 7) is 1.66. The molecule has 1 N–H and O–H groups in total. The van der Waals surface area contributed by atoms with E-state index in [1.54, 1.807) is 13.2 Å². The summed E-state index contributed by atoms with van der Waals surface area (Å²) < 4.78 is 0. The summed E-state index contributed by atoms with van der Waals surface area (Å²) in [5.74, 6) is 1.92. The zero-order valence-electron chi connectivity index (χ0n) is 11.8. The second-order valence-corrected chi connectivity index (χ2v) is 4.98. The van der Waals surface area contributed by atoms with Crippen molar-refractivity contribution in [3.63, 3.8) is 0 Å². The molecule has 1 aliphatic rings. The Hall–Kier alpha value is -1.85. The van der Waals surface area contributed by atoms with Crippen molar-refractivity contribution in [2.75, 3.05) is 44.0 Å². The van der Waals surface area contributed by atoms with Crippen LogP contribution in [0.4, 0.5) is 11.8 Å². The largest absolute Gasteiger partial charge is 0.363 e. The molecule has 0 bridgehead atoms. The van der Waals surface area contributed by atoms with E-state index in [4.69, 9.17) is 0 Å². The van der Waals surface area contributed by atoms with Crippen molar-refractivity contribution in [3.05, 3.63) is 12.3 Å². The zero-order chi connectivity index (χ0) is 13.8. The lowest BCUT2D eigenvalue weighted by molar-refractivity contribution is -0.125. The minimum absolute atomic E-state index is 0.123. The van der Waals surface area contributed by atoms with E-state index in [0.29, 0.717) is 0 Å². The fourth-order valence-corrected chi connectivity index (χ4v) is 2.29. The molecule has 19 heavy (non-hydrogen) atoms. The summed E-state index contributed by atoms with van der Waals surface area (Å²) in [7, 11) is 5.62. The number of piperidine rings is 1. The average Bonchev–Trinajstić information content (AvgIpc) is 2.46. The summed E-state index contributed by atoms with van der Waals surface area (Å²) in [4.78, 5) is 24.5. The number of carbonyl (C=O) groups excluding carboxylic acids is 1. The third-order valence-electron chi connectivity index (χ3n) is 3.48. The van der Waals surface area contributed by atoms with Gasteiger partial charge in [-0.05, 0) is 18.9 Å². The molecule has 0 spiro atoms. The van der Waals surface area contributed by atoms with Crippen molar-refractivity contribution >= 4 is 17.7 Å². The van der Waals surface area contributed by atoms with Crippen molar-refractivity contribution in [1.82, 2.24) is 15.3 Å². The van der Waals surface area contributed by atoms with Gasteiger partial charge in [0.1, 0.15) is 5.82 Å². The molecule has 0 saturated carbocycles. The first kappa shape index (κ1) is 13.6. The van der Waals surface area contributed by atoms with E-state index in [1.165, 1.54) is 0 Å². The van der Waals surface area contributed by atoms with E-state index in [2.05, 4.69) is 20.2 Å². The van der Waals surface area contributed by atoms with Gasteiger partial charge in [-0.1, -0.05) is 0 Å². The van der Waals surface area contributed by atoms with E-state index < -0.39 is 0 Å². The van der Waals surface area contributed by atoms with E-state index in [1.807, 2.05) is 25.1 Å². The topological polar surface area (TPSA) is 61.4 Å². The Morgan fingerprint density at radius 2 is 2.11 bits per heavy atom. The van der Waals surface area contributed by atoms with Gasteiger partial charge in [-0.15, -0.1) is 0 Å². The van der Waals surface area contributed by atoms with Crippen molar-refractivity contribution in [2.45, 2.75) is 12.8 Å². The van der Waals surface area contributed by atoms with E-state index in [-0.39, 0.29) is 11.8 Å². The summed E-state index contributed by atoms with van der Waals surface area (Å²) in [6.07, 6.45) is 3.49. The highest BCUT2D eigenvalue weighted by Crippen LogP contribution is 2.21. The highest BCUT2D eigenvalue weighted by atomic mass is 16.1.